The number of nitrogens with zero attached hydrogens (tertiary/aromatic N) is 1. The lowest BCUT2D eigenvalue weighted by atomic mass is 9.80. The van der Waals surface area contributed by atoms with E-state index in [-0.39, 0.29) is 17.5 Å². The Morgan fingerprint density at radius 1 is 1.07 bits per heavy atom. The van der Waals surface area contributed by atoms with Gasteiger partial charge in [-0.25, -0.2) is 8.42 Å². The number of ether oxygens (including phenoxy) is 1. The monoisotopic (exact) mass is 455 g/mol. The predicted octanol–water partition coefficient (Wildman–Crippen LogP) is 5.52. The summed E-state index contributed by atoms with van der Waals surface area (Å²) in [6.45, 7) is 9.55. The van der Waals surface area contributed by atoms with Crippen molar-refractivity contribution in [2.24, 2.45) is 11.8 Å². The lowest BCUT2D eigenvalue weighted by molar-refractivity contribution is -0.00521. The average molecular weight is 456 g/mol. The molecule has 2 atom stereocenters. The molecule has 0 spiro atoms. The molecule has 4 nitrogen and oxygen atoms in total. The minimum absolute atomic E-state index is 0.218. The van der Waals surface area contributed by atoms with Gasteiger partial charge in [-0.1, -0.05) is 30.5 Å². The van der Waals surface area contributed by atoms with Crippen molar-refractivity contribution >= 4 is 27.1 Å². The molecule has 1 aromatic rings. The topological polar surface area (TPSA) is 46.6 Å². The van der Waals surface area contributed by atoms with E-state index in [0.717, 1.165) is 62.3 Å². The van der Waals surface area contributed by atoms with Crippen molar-refractivity contribution in [2.75, 3.05) is 23.7 Å². The van der Waals surface area contributed by atoms with Crippen LogP contribution in [0.5, 0.6) is 0 Å². The van der Waals surface area contributed by atoms with Crippen LogP contribution >= 0.6 is 11.6 Å². The first-order valence-corrected chi connectivity index (χ1v) is 13.6. The molecule has 1 aliphatic carbocycles. The van der Waals surface area contributed by atoms with Crippen LogP contribution in [0, 0.1) is 11.8 Å². The SMILES string of the molecule is CC(C)S(=O)(=O)CC1CCC(CCc2ccc(N3C[C@@H](C)O[C@@H](C)C3)c(Cl)c2)CC1. The molecule has 1 aliphatic heterocycles. The normalized spacial score (nSPS) is 28.1. The second kappa shape index (κ2) is 10.2. The zero-order valence-corrected chi connectivity index (χ0v) is 20.5. The first-order valence-electron chi connectivity index (χ1n) is 11.5. The van der Waals surface area contributed by atoms with Gasteiger partial charge in [0.15, 0.2) is 9.84 Å². The number of rotatable bonds is 7. The zero-order chi connectivity index (χ0) is 21.9. The van der Waals surface area contributed by atoms with Crippen LogP contribution in [0.2, 0.25) is 5.02 Å². The molecule has 0 radical (unpaired) electrons. The second-order valence-electron chi connectivity index (χ2n) is 9.75. The highest BCUT2D eigenvalue weighted by atomic mass is 35.5. The molecule has 1 aromatic carbocycles. The molecule has 30 heavy (non-hydrogen) atoms. The Balaban J connectivity index is 1.48. The van der Waals surface area contributed by atoms with Crippen LogP contribution in [0.1, 0.15) is 65.4 Å². The molecule has 0 N–H and O–H groups in total. The number of hydrogen-bond acceptors (Lipinski definition) is 4. The number of anilines is 1. The summed E-state index contributed by atoms with van der Waals surface area (Å²) in [5.74, 6) is 1.41. The van der Waals surface area contributed by atoms with Crippen molar-refractivity contribution in [3.63, 3.8) is 0 Å². The van der Waals surface area contributed by atoms with Gasteiger partial charge in [0, 0.05) is 13.1 Å². The van der Waals surface area contributed by atoms with Crippen LogP contribution in [0.25, 0.3) is 0 Å². The molecule has 170 valence electrons. The Hall–Kier alpha value is -0.780. The van der Waals surface area contributed by atoms with Gasteiger partial charge in [0.2, 0.25) is 0 Å². The molecule has 0 unspecified atom stereocenters. The summed E-state index contributed by atoms with van der Waals surface area (Å²) in [7, 11) is -2.92. The summed E-state index contributed by atoms with van der Waals surface area (Å²) in [5, 5.41) is 0.572. The van der Waals surface area contributed by atoms with Crippen molar-refractivity contribution in [3.05, 3.63) is 28.8 Å². The fourth-order valence-corrected chi connectivity index (χ4v) is 6.61. The van der Waals surface area contributed by atoms with Gasteiger partial charge in [0.1, 0.15) is 0 Å². The van der Waals surface area contributed by atoms with Gasteiger partial charge in [0.25, 0.3) is 0 Å². The maximum atomic E-state index is 12.2. The number of halogens is 1. The van der Waals surface area contributed by atoms with Crippen LogP contribution < -0.4 is 4.90 Å². The van der Waals surface area contributed by atoms with E-state index in [1.807, 2.05) is 0 Å². The van der Waals surface area contributed by atoms with E-state index >= 15 is 0 Å². The third-order valence-electron chi connectivity index (χ3n) is 6.77. The highest BCUT2D eigenvalue weighted by Gasteiger charge is 2.27. The first-order chi connectivity index (χ1) is 14.1. The van der Waals surface area contributed by atoms with Gasteiger partial charge in [-0.15, -0.1) is 0 Å². The fourth-order valence-electron chi connectivity index (χ4n) is 4.92. The largest absolute Gasteiger partial charge is 0.372 e. The van der Waals surface area contributed by atoms with E-state index < -0.39 is 9.84 Å². The predicted molar refractivity (Wildman–Crippen MR) is 126 cm³/mol. The van der Waals surface area contributed by atoms with Gasteiger partial charge >= 0.3 is 0 Å². The smallest absolute Gasteiger partial charge is 0.152 e. The van der Waals surface area contributed by atoms with Crippen molar-refractivity contribution in [3.8, 4) is 0 Å². The quantitative estimate of drug-likeness (QED) is 0.543. The van der Waals surface area contributed by atoms with E-state index in [0.29, 0.717) is 17.6 Å². The molecule has 1 saturated carbocycles. The van der Waals surface area contributed by atoms with Crippen molar-refractivity contribution in [1.29, 1.82) is 0 Å². The molecule has 2 aliphatic rings. The van der Waals surface area contributed by atoms with Crippen LogP contribution in [0.4, 0.5) is 5.69 Å². The molecular formula is C24H38ClNO3S. The van der Waals surface area contributed by atoms with E-state index in [4.69, 9.17) is 16.3 Å². The average Bonchev–Trinajstić information content (AvgIpc) is 2.66. The molecule has 3 rings (SSSR count). The van der Waals surface area contributed by atoms with E-state index in [9.17, 15) is 8.42 Å². The summed E-state index contributed by atoms with van der Waals surface area (Å²) in [5.41, 5.74) is 2.40. The maximum Gasteiger partial charge on any atom is 0.152 e. The summed E-state index contributed by atoms with van der Waals surface area (Å²) in [6, 6.07) is 6.51. The van der Waals surface area contributed by atoms with E-state index in [1.54, 1.807) is 13.8 Å². The number of morpholine rings is 1. The summed E-state index contributed by atoms with van der Waals surface area (Å²) >= 11 is 6.65. The molecule has 0 aromatic heterocycles. The third kappa shape index (κ3) is 6.37. The Morgan fingerprint density at radius 2 is 1.67 bits per heavy atom. The Bertz CT molecular complexity index is 793. The Labute approximate surface area is 188 Å². The zero-order valence-electron chi connectivity index (χ0n) is 18.9. The standard InChI is InChI=1S/C24H38ClNO3S/c1-17(2)30(27,28)16-22-9-6-20(7-10-22)5-8-21-11-12-24(23(25)13-21)26-14-18(3)29-19(4)15-26/h11-13,17-20,22H,5-10,14-16H2,1-4H3/t18-,19+,20?,22?. The number of aryl methyl sites for hydroxylation is 1. The number of sulfone groups is 1. The fraction of sp³-hybridized carbons (Fsp3) is 0.750. The summed E-state index contributed by atoms with van der Waals surface area (Å²) in [4.78, 5) is 2.33. The van der Waals surface area contributed by atoms with Gasteiger partial charge in [-0.2, -0.15) is 0 Å². The van der Waals surface area contributed by atoms with Crippen molar-refractivity contribution in [2.45, 2.75) is 83.7 Å². The van der Waals surface area contributed by atoms with Crippen molar-refractivity contribution in [1.82, 2.24) is 0 Å². The van der Waals surface area contributed by atoms with Gasteiger partial charge in [-0.05, 0) is 82.9 Å². The molecule has 6 heteroatoms. The number of hydrogen-bond donors (Lipinski definition) is 0. The van der Waals surface area contributed by atoms with E-state index in [1.165, 1.54) is 5.56 Å². The molecule has 0 bridgehead atoms. The second-order valence-corrected chi connectivity index (χ2v) is 12.8. The van der Waals surface area contributed by atoms with Gasteiger partial charge in [-0.3, -0.25) is 0 Å². The number of benzene rings is 1. The maximum absolute atomic E-state index is 12.2. The van der Waals surface area contributed by atoms with Gasteiger partial charge < -0.3 is 9.64 Å². The lowest BCUT2D eigenvalue weighted by Crippen LogP contribution is -2.45. The van der Waals surface area contributed by atoms with Crippen LogP contribution in [-0.2, 0) is 21.0 Å². The molecular weight excluding hydrogens is 418 g/mol. The molecule has 0 amide bonds. The van der Waals surface area contributed by atoms with Crippen LogP contribution in [0.3, 0.4) is 0 Å². The summed E-state index contributed by atoms with van der Waals surface area (Å²) < 4.78 is 30.2. The highest BCUT2D eigenvalue weighted by molar-refractivity contribution is 7.91. The molecule has 1 saturated heterocycles. The minimum atomic E-state index is -2.92. The molecule has 1 heterocycles. The highest BCUT2D eigenvalue weighted by Crippen LogP contribution is 2.34. The molecule has 2 fully saturated rings. The van der Waals surface area contributed by atoms with Crippen molar-refractivity contribution < 1.29 is 13.2 Å². The van der Waals surface area contributed by atoms with E-state index in [2.05, 4.69) is 36.9 Å². The Kier molecular flexibility index (Phi) is 8.14. The third-order valence-corrected chi connectivity index (χ3v) is 9.44. The van der Waals surface area contributed by atoms with Crippen LogP contribution in [0.15, 0.2) is 18.2 Å². The minimum Gasteiger partial charge on any atom is -0.372 e. The van der Waals surface area contributed by atoms with Crippen LogP contribution in [-0.4, -0.2) is 44.7 Å². The summed E-state index contributed by atoms with van der Waals surface area (Å²) in [6.07, 6.45) is 7.01. The van der Waals surface area contributed by atoms with Gasteiger partial charge in [0.05, 0.1) is 33.9 Å². The first kappa shape index (κ1) is 23.9. The lowest BCUT2D eigenvalue weighted by Gasteiger charge is -2.37. The Morgan fingerprint density at radius 3 is 2.23 bits per heavy atom.